The predicted octanol–water partition coefficient (Wildman–Crippen LogP) is 5.14. The number of nitrogens with zero attached hydrogens (tertiary/aromatic N) is 1. The minimum atomic E-state index is -0.384. The van der Waals surface area contributed by atoms with Crippen molar-refractivity contribution in [3.8, 4) is 5.75 Å². The van der Waals surface area contributed by atoms with Gasteiger partial charge in [-0.1, -0.05) is 35.0 Å². The van der Waals surface area contributed by atoms with E-state index in [1.165, 1.54) is 17.8 Å². The van der Waals surface area contributed by atoms with Gasteiger partial charge in [0, 0.05) is 38.5 Å². The number of hydrogen-bond donors (Lipinski definition) is 4. The monoisotopic (exact) mass is 503 g/mol. The molecule has 2 aromatic carbocycles. The van der Waals surface area contributed by atoms with Crippen LogP contribution in [-0.2, 0) is 0 Å². The Kier molecular flexibility index (Phi) is 8.88. The Morgan fingerprint density at radius 2 is 2.06 bits per heavy atom. The maximum Gasteiger partial charge on any atom is 0.140 e. The number of halogens is 3. The molecule has 1 aliphatic heterocycles. The molecule has 0 saturated heterocycles. The molecule has 0 fully saturated rings. The van der Waals surface area contributed by atoms with Gasteiger partial charge in [0.25, 0.3) is 0 Å². The van der Waals surface area contributed by atoms with Crippen LogP contribution in [-0.4, -0.2) is 39.8 Å². The number of benzene rings is 2. The molecule has 0 aliphatic carbocycles. The lowest BCUT2D eigenvalue weighted by atomic mass is 10.2. The lowest BCUT2D eigenvalue weighted by molar-refractivity contribution is 0.415. The number of thioether (sulfide) groups is 1. The summed E-state index contributed by atoms with van der Waals surface area (Å²) < 4.78 is 23.9. The van der Waals surface area contributed by atoms with E-state index in [1.54, 1.807) is 19.4 Å². The lowest BCUT2D eigenvalue weighted by Gasteiger charge is -2.24. The van der Waals surface area contributed by atoms with Crippen LogP contribution >= 0.6 is 46.9 Å². The van der Waals surface area contributed by atoms with Gasteiger partial charge >= 0.3 is 0 Å². The summed E-state index contributed by atoms with van der Waals surface area (Å²) in [6, 6.07) is 8.67. The molecule has 168 valence electrons. The molecule has 0 radical (unpaired) electrons. The first-order valence-electron chi connectivity index (χ1n) is 9.42. The third kappa shape index (κ3) is 6.50. The molecule has 0 spiro atoms. The van der Waals surface area contributed by atoms with E-state index in [0.717, 1.165) is 42.2 Å². The molecule has 0 amide bonds. The lowest BCUT2D eigenvalue weighted by Crippen LogP contribution is -2.28. The van der Waals surface area contributed by atoms with Crippen molar-refractivity contribution in [2.24, 2.45) is 0 Å². The molecule has 3 rings (SSSR count). The Morgan fingerprint density at radius 3 is 2.74 bits per heavy atom. The van der Waals surface area contributed by atoms with E-state index in [4.69, 9.17) is 27.9 Å². The van der Waals surface area contributed by atoms with Crippen molar-refractivity contribution in [2.45, 2.75) is 10.4 Å². The van der Waals surface area contributed by atoms with E-state index < -0.39 is 0 Å². The van der Waals surface area contributed by atoms with E-state index in [1.807, 2.05) is 32.3 Å². The molecule has 4 N–H and O–H groups in total. The normalized spacial score (nSPS) is 15.4. The van der Waals surface area contributed by atoms with Crippen molar-refractivity contribution in [3.05, 3.63) is 51.7 Å². The second-order valence-corrected chi connectivity index (χ2v) is 9.69. The molecule has 2 aromatic rings. The van der Waals surface area contributed by atoms with Crippen molar-refractivity contribution < 1.29 is 9.13 Å². The summed E-state index contributed by atoms with van der Waals surface area (Å²) in [7, 11) is 5.52. The van der Waals surface area contributed by atoms with Crippen molar-refractivity contribution in [3.63, 3.8) is 0 Å². The summed E-state index contributed by atoms with van der Waals surface area (Å²) in [6.45, 7) is 1.60. The Hall–Kier alpha value is -1.49. The molecule has 11 heteroatoms. The van der Waals surface area contributed by atoms with Gasteiger partial charge in [0.2, 0.25) is 0 Å². The fourth-order valence-electron chi connectivity index (χ4n) is 2.80. The van der Waals surface area contributed by atoms with E-state index in [2.05, 4.69) is 25.6 Å². The number of likely N-dealkylation sites (N-methyl/N-ethyl adjacent to an activating group) is 2. The molecule has 0 bridgehead atoms. The van der Waals surface area contributed by atoms with Crippen LogP contribution in [0.25, 0.3) is 0 Å². The van der Waals surface area contributed by atoms with Gasteiger partial charge in [-0.2, -0.15) is 0 Å². The van der Waals surface area contributed by atoms with E-state index in [-0.39, 0.29) is 11.3 Å². The van der Waals surface area contributed by atoms with Crippen LogP contribution in [0, 0.1) is 5.82 Å². The van der Waals surface area contributed by atoms with Crippen LogP contribution in [0.4, 0.5) is 21.5 Å². The Bertz CT molecular complexity index is 950. The zero-order valence-corrected chi connectivity index (χ0v) is 20.4. The van der Waals surface area contributed by atoms with Gasteiger partial charge in [-0.15, -0.1) is 0 Å². The average molecular weight is 504 g/mol. The van der Waals surface area contributed by atoms with Crippen molar-refractivity contribution in [2.75, 3.05) is 44.5 Å². The fraction of sp³-hybridized carbons (Fsp3) is 0.300. The quantitative estimate of drug-likeness (QED) is 0.332. The van der Waals surface area contributed by atoms with Crippen molar-refractivity contribution in [1.29, 1.82) is 0 Å². The average Bonchev–Trinajstić information content (AvgIpc) is 3.18. The SMILES string of the molecule is CNCCN(C)c1cc(OC)ccc1Nc1cc(F)c(SNC2NC=C(Cl)S2)cc1Cl. The van der Waals surface area contributed by atoms with Gasteiger partial charge in [-0.25, -0.2) is 9.11 Å². The number of ether oxygens (including phenoxy) is 1. The van der Waals surface area contributed by atoms with Gasteiger partial charge < -0.3 is 25.6 Å². The van der Waals surface area contributed by atoms with Crippen molar-refractivity contribution >= 4 is 64.0 Å². The molecule has 0 saturated carbocycles. The molecular weight excluding hydrogens is 480 g/mol. The maximum atomic E-state index is 14.8. The molecule has 0 aromatic heterocycles. The number of anilines is 3. The minimum absolute atomic E-state index is 0.136. The van der Waals surface area contributed by atoms with E-state index in [0.29, 0.717) is 20.0 Å². The minimum Gasteiger partial charge on any atom is -0.497 e. The molecular formula is C20H24Cl2FN5OS2. The summed E-state index contributed by atoms with van der Waals surface area (Å²) >= 11 is 15.0. The zero-order valence-electron chi connectivity index (χ0n) is 17.3. The smallest absolute Gasteiger partial charge is 0.140 e. The fourth-order valence-corrected chi connectivity index (χ4v) is 4.88. The second-order valence-electron chi connectivity index (χ2n) is 6.63. The Morgan fingerprint density at radius 1 is 1.26 bits per heavy atom. The topological polar surface area (TPSA) is 60.6 Å². The summed E-state index contributed by atoms with van der Waals surface area (Å²) in [5.74, 6) is 0.352. The summed E-state index contributed by atoms with van der Waals surface area (Å²) in [5, 5.41) is 9.85. The van der Waals surface area contributed by atoms with Gasteiger partial charge in [-0.05, 0) is 37.2 Å². The van der Waals surface area contributed by atoms with E-state index >= 15 is 0 Å². The Labute approximate surface area is 200 Å². The highest BCUT2D eigenvalue weighted by molar-refractivity contribution is 8.06. The van der Waals surface area contributed by atoms with Crippen LogP contribution in [0.2, 0.25) is 5.02 Å². The molecule has 6 nitrogen and oxygen atoms in total. The summed E-state index contributed by atoms with van der Waals surface area (Å²) in [5.41, 5.74) is 2.06. The number of methoxy groups -OCH3 is 1. The molecule has 1 unspecified atom stereocenters. The first-order valence-corrected chi connectivity index (χ1v) is 11.9. The van der Waals surface area contributed by atoms with Gasteiger partial charge in [-0.3, -0.25) is 0 Å². The number of rotatable bonds is 10. The highest BCUT2D eigenvalue weighted by Gasteiger charge is 2.18. The molecule has 31 heavy (non-hydrogen) atoms. The number of nitrogens with one attached hydrogen (secondary N) is 4. The standard InChI is InChI=1S/C20H24Cl2FN5OS2/c1-24-6-7-28(2)17-8-12(29-3)4-5-15(17)26-16-10-14(23)18(9-13(16)21)31-27-20-25-11-19(22)30-20/h4-5,8-11,20,24-27H,6-7H2,1-3H3. The molecule has 1 aliphatic rings. The molecule has 1 heterocycles. The first-order chi connectivity index (χ1) is 14.9. The third-order valence-corrected chi connectivity index (χ3v) is 7.02. The highest BCUT2D eigenvalue weighted by atomic mass is 35.5. The number of hydrogen-bond acceptors (Lipinski definition) is 8. The largest absolute Gasteiger partial charge is 0.497 e. The maximum absolute atomic E-state index is 14.8. The van der Waals surface area contributed by atoms with Crippen LogP contribution in [0.5, 0.6) is 5.75 Å². The molecule has 1 atom stereocenters. The predicted molar refractivity (Wildman–Crippen MR) is 132 cm³/mol. The second kappa shape index (κ2) is 11.4. The van der Waals surface area contributed by atoms with Crippen molar-refractivity contribution in [1.82, 2.24) is 15.4 Å². The van der Waals surface area contributed by atoms with Crippen LogP contribution in [0.1, 0.15) is 0 Å². The summed E-state index contributed by atoms with van der Waals surface area (Å²) in [4.78, 5) is 2.48. The zero-order chi connectivity index (χ0) is 22.4. The summed E-state index contributed by atoms with van der Waals surface area (Å²) in [6.07, 6.45) is 1.70. The highest BCUT2D eigenvalue weighted by Crippen LogP contribution is 2.37. The van der Waals surface area contributed by atoms with Crippen LogP contribution in [0.3, 0.4) is 0 Å². The first kappa shape index (κ1) is 24.2. The third-order valence-electron chi connectivity index (χ3n) is 4.46. The van der Waals surface area contributed by atoms with Gasteiger partial charge in [0.05, 0.1) is 38.5 Å². The Balaban J connectivity index is 1.76. The van der Waals surface area contributed by atoms with E-state index in [9.17, 15) is 4.39 Å². The van der Waals surface area contributed by atoms with Gasteiger partial charge in [0.1, 0.15) is 17.1 Å². The van der Waals surface area contributed by atoms with Gasteiger partial charge in [0.15, 0.2) is 0 Å². The van der Waals surface area contributed by atoms with Crippen LogP contribution < -0.4 is 30.3 Å². The van der Waals surface area contributed by atoms with Crippen LogP contribution in [0.15, 0.2) is 45.8 Å².